The van der Waals surface area contributed by atoms with Crippen LogP contribution < -0.4 is 16.0 Å². The lowest BCUT2D eigenvalue weighted by atomic mass is 10.1. The van der Waals surface area contributed by atoms with Crippen LogP contribution >= 0.6 is 0 Å². The van der Waals surface area contributed by atoms with Crippen LogP contribution in [0.1, 0.15) is 55.9 Å². The summed E-state index contributed by atoms with van der Waals surface area (Å²) in [7, 11) is 0. The average molecular weight is 367 g/mol. The van der Waals surface area contributed by atoms with Crippen LogP contribution in [0.4, 0.5) is 17.2 Å². The predicted octanol–water partition coefficient (Wildman–Crippen LogP) is 3.63. The summed E-state index contributed by atoms with van der Waals surface area (Å²) < 4.78 is 0. The third-order valence-electron chi connectivity index (χ3n) is 4.55. The molecule has 1 aromatic heterocycles. The van der Waals surface area contributed by atoms with Crippen LogP contribution in [-0.4, -0.2) is 27.8 Å². The van der Waals surface area contributed by atoms with E-state index in [2.05, 4.69) is 25.9 Å². The summed E-state index contributed by atoms with van der Waals surface area (Å²) in [6.07, 6.45) is 9.93. The minimum absolute atomic E-state index is 0.112. The second kappa shape index (κ2) is 9.12. The topological polar surface area (TPSA) is 96.0 Å². The van der Waals surface area contributed by atoms with Crippen molar-refractivity contribution in [3.8, 4) is 0 Å². The summed E-state index contributed by atoms with van der Waals surface area (Å²) in [5.41, 5.74) is 1.87. The van der Waals surface area contributed by atoms with Crippen LogP contribution in [0.3, 0.4) is 0 Å². The number of benzene rings is 1. The molecule has 2 amide bonds. The molecule has 0 atom stereocenters. The third kappa shape index (κ3) is 5.77. The zero-order valence-electron chi connectivity index (χ0n) is 15.5. The Kier molecular flexibility index (Phi) is 6.35. The number of carbonyl (C=O) groups is 2. The van der Waals surface area contributed by atoms with Gasteiger partial charge in [0.1, 0.15) is 11.5 Å². The van der Waals surface area contributed by atoms with Crippen molar-refractivity contribution < 1.29 is 9.59 Å². The maximum atomic E-state index is 12.4. The SMILES string of the molecule is CC(=O)Nc1ccc(Nc2cnc(C(=O)NC3CCCCCC3)cn2)cc1. The van der Waals surface area contributed by atoms with Crippen molar-refractivity contribution in [2.45, 2.75) is 51.5 Å². The Balaban J connectivity index is 1.56. The monoisotopic (exact) mass is 367 g/mol. The zero-order chi connectivity index (χ0) is 19.1. The van der Waals surface area contributed by atoms with Gasteiger partial charge in [-0.3, -0.25) is 9.59 Å². The van der Waals surface area contributed by atoms with Gasteiger partial charge in [-0.15, -0.1) is 0 Å². The molecule has 7 heteroatoms. The number of nitrogens with zero attached hydrogens (tertiary/aromatic N) is 2. The fraction of sp³-hybridized carbons (Fsp3) is 0.400. The molecule has 142 valence electrons. The molecule has 0 unspecified atom stereocenters. The van der Waals surface area contributed by atoms with Crippen molar-refractivity contribution in [2.75, 3.05) is 10.6 Å². The summed E-state index contributed by atoms with van der Waals surface area (Å²) >= 11 is 0. The van der Waals surface area contributed by atoms with E-state index in [0.717, 1.165) is 24.2 Å². The van der Waals surface area contributed by atoms with E-state index >= 15 is 0 Å². The van der Waals surface area contributed by atoms with Gasteiger partial charge in [0.25, 0.3) is 5.91 Å². The van der Waals surface area contributed by atoms with E-state index in [1.807, 2.05) is 12.1 Å². The standard InChI is InChI=1S/C20H25N5O2/c1-14(26)23-16-8-10-17(11-9-16)24-19-13-21-18(12-22-19)20(27)25-15-6-4-2-3-5-7-15/h8-13,15H,2-7H2,1H3,(H,22,24)(H,23,26)(H,25,27). The van der Waals surface area contributed by atoms with Crippen molar-refractivity contribution in [3.05, 3.63) is 42.4 Å². The van der Waals surface area contributed by atoms with Crippen LogP contribution in [-0.2, 0) is 4.79 Å². The number of nitrogens with one attached hydrogen (secondary N) is 3. The quantitative estimate of drug-likeness (QED) is 0.701. The Morgan fingerprint density at radius 2 is 1.59 bits per heavy atom. The van der Waals surface area contributed by atoms with E-state index in [9.17, 15) is 9.59 Å². The molecule has 1 saturated carbocycles. The zero-order valence-corrected chi connectivity index (χ0v) is 15.5. The number of aromatic nitrogens is 2. The van der Waals surface area contributed by atoms with Crippen molar-refractivity contribution in [1.82, 2.24) is 15.3 Å². The maximum Gasteiger partial charge on any atom is 0.271 e. The fourth-order valence-electron chi connectivity index (χ4n) is 3.18. The van der Waals surface area contributed by atoms with Crippen molar-refractivity contribution in [3.63, 3.8) is 0 Å². The number of carbonyl (C=O) groups excluding carboxylic acids is 2. The van der Waals surface area contributed by atoms with Crippen molar-refractivity contribution >= 4 is 29.0 Å². The second-order valence-corrected chi connectivity index (χ2v) is 6.83. The Morgan fingerprint density at radius 3 is 2.19 bits per heavy atom. The molecule has 0 bridgehead atoms. The normalized spacial score (nSPS) is 14.9. The minimum Gasteiger partial charge on any atom is -0.348 e. The van der Waals surface area contributed by atoms with Gasteiger partial charge in [-0.25, -0.2) is 9.97 Å². The molecule has 0 radical (unpaired) electrons. The highest BCUT2D eigenvalue weighted by atomic mass is 16.2. The average Bonchev–Trinajstić information content (AvgIpc) is 2.92. The molecule has 0 saturated heterocycles. The minimum atomic E-state index is -0.166. The largest absolute Gasteiger partial charge is 0.348 e. The Morgan fingerprint density at radius 1 is 0.926 bits per heavy atom. The Bertz CT molecular complexity index is 766. The van der Waals surface area contributed by atoms with Crippen LogP contribution in [0.2, 0.25) is 0 Å². The summed E-state index contributed by atoms with van der Waals surface area (Å²) in [5, 5.41) is 8.91. The molecular weight excluding hydrogens is 342 g/mol. The lowest BCUT2D eigenvalue weighted by Crippen LogP contribution is -2.34. The molecule has 0 spiro atoms. The van der Waals surface area contributed by atoms with Crippen molar-refractivity contribution in [2.24, 2.45) is 0 Å². The van der Waals surface area contributed by atoms with Gasteiger partial charge in [0.2, 0.25) is 5.91 Å². The van der Waals surface area contributed by atoms with Gasteiger partial charge in [-0.2, -0.15) is 0 Å². The molecule has 27 heavy (non-hydrogen) atoms. The number of anilines is 3. The van der Waals surface area contributed by atoms with Crippen LogP contribution in [0.15, 0.2) is 36.7 Å². The van der Waals surface area contributed by atoms with Gasteiger partial charge in [-0.1, -0.05) is 25.7 Å². The van der Waals surface area contributed by atoms with E-state index in [1.165, 1.54) is 38.8 Å². The lowest BCUT2D eigenvalue weighted by molar-refractivity contribution is -0.114. The van der Waals surface area contributed by atoms with Gasteiger partial charge < -0.3 is 16.0 Å². The Hall–Kier alpha value is -2.96. The summed E-state index contributed by atoms with van der Waals surface area (Å²) in [5.74, 6) is 0.271. The Labute approximate surface area is 159 Å². The molecule has 0 aliphatic heterocycles. The number of rotatable bonds is 5. The summed E-state index contributed by atoms with van der Waals surface area (Å²) in [4.78, 5) is 31.9. The summed E-state index contributed by atoms with van der Waals surface area (Å²) in [6.45, 7) is 1.47. The molecule has 1 heterocycles. The van der Waals surface area contributed by atoms with Gasteiger partial charge in [0.15, 0.2) is 0 Å². The van der Waals surface area contributed by atoms with Crippen molar-refractivity contribution in [1.29, 1.82) is 0 Å². The van der Waals surface area contributed by atoms with Crippen LogP contribution in [0, 0.1) is 0 Å². The molecule has 3 rings (SSSR count). The fourth-order valence-corrected chi connectivity index (χ4v) is 3.18. The summed E-state index contributed by atoms with van der Waals surface area (Å²) in [6, 6.07) is 7.50. The highest BCUT2D eigenvalue weighted by Gasteiger charge is 2.16. The van der Waals surface area contributed by atoms with E-state index in [-0.39, 0.29) is 17.9 Å². The molecule has 1 aromatic carbocycles. The van der Waals surface area contributed by atoms with Crippen LogP contribution in [0.25, 0.3) is 0 Å². The first-order chi connectivity index (χ1) is 13.1. The second-order valence-electron chi connectivity index (χ2n) is 6.83. The number of hydrogen-bond donors (Lipinski definition) is 3. The first-order valence-corrected chi connectivity index (χ1v) is 9.38. The van der Waals surface area contributed by atoms with Gasteiger partial charge in [0.05, 0.1) is 12.4 Å². The van der Waals surface area contributed by atoms with E-state index in [1.54, 1.807) is 18.3 Å². The first kappa shape index (κ1) is 18.8. The smallest absolute Gasteiger partial charge is 0.271 e. The number of amides is 2. The van der Waals surface area contributed by atoms with E-state index < -0.39 is 0 Å². The van der Waals surface area contributed by atoms with E-state index in [0.29, 0.717) is 11.5 Å². The third-order valence-corrected chi connectivity index (χ3v) is 4.55. The van der Waals surface area contributed by atoms with Crippen LogP contribution in [0.5, 0.6) is 0 Å². The molecule has 2 aromatic rings. The van der Waals surface area contributed by atoms with E-state index in [4.69, 9.17) is 0 Å². The first-order valence-electron chi connectivity index (χ1n) is 9.38. The predicted molar refractivity (Wildman–Crippen MR) is 105 cm³/mol. The van der Waals surface area contributed by atoms with Gasteiger partial charge in [-0.05, 0) is 37.1 Å². The lowest BCUT2D eigenvalue weighted by Gasteiger charge is -2.15. The molecular formula is C20H25N5O2. The highest BCUT2D eigenvalue weighted by Crippen LogP contribution is 2.19. The van der Waals surface area contributed by atoms with Gasteiger partial charge >= 0.3 is 0 Å². The number of hydrogen-bond acceptors (Lipinski definition) is 5. The molecule has 1 aliphatic rings. The molecule has 7 nitrogen and oxygen atoms in total. The van der Waals surface area contributed by atoms with Gasteiger partial charge in [0, 0.05) is 24.3 Å². The molecule has 3 N–H and O–H groups in total. The molecule has 1 fully saturated rings. The molecule has 1 aliphatic carbocycles. The maximum absolute atomic E-state index is 12.4. The highest BCUT2D eigenvalue weighted by molar-refractivity contribution is 5.92.